The SMILES string of the molecule is CC\C=C/C=C\C=C/C=C\C=C\C=C/CCCCCC(=O)OC(COC(=O)CCCCCCC\C=C/C=C\C=C/C=C\CCCCC)COC(=O)CCCCCCCCCCCCCCCC. The van der Waals surface area contributed by atoms with Gasteiger partial charge in [-0.25, -0.2) is 0 Å². The molecule has 67 heavy (non-hydrogen) atoms. The Morgan fingerprint density at radius 2 is 0.582 bits per heavy atom. The van der Waals surface area contributed by atoms with Crippen LogP contribution in [0, 0.1) is 0 Å². The second kappa shape index (κ2) is 54.4. The van der Waals surface area contributed by atoms with Crippen molar-refractivity contribution in [3.05, 3.63) is 122 Å². The van der Waals surface area contributed by atoms with E-state index < -0.39 is 6.10 Å². The Morgan fingerprint density at radius 1 is 0.313 bits per heavy atom. The van der Waals surface area contributed by atoms with E-state index in [0.717, 1.165) is 89.9 Å². The van der Waals surface area contributed by atoms with Crippen molar-refractivity contribution in [1.82, 2.24) is 0 Å². The highest BCUT2D eigenvalue weighted by atomic mass is 16.6. The number of esters is 3. The highest BCUT2D eigenvalue weighted by Gasteiger charge is 2.19. The van der Waals surface area contributed by atoms with Gasteiger partial charge in [-0.05, 0) is 64.2 Å². The molecule has 0 amide bonds. The van der Waals surface area contributed by atoms with Crippen molar-refractivity contribution in [2.75, 3.05) is 13.2 Å². The zero-order chi connectivity index (χ0) is 48.6. The molecule has 0 spiro atoms. The van der Waals surface area contributed by atoms with Gasteiger partial charge in [0.05, 0.1) is 0 Å². The lowest BCUT2D eigenvalue weighted by Crippen LogP contribution is -2.30. The lowest BCUT2D eigenvalue weighted by molar-refractivity contribution is -0.167. The minimum absolute atomic E-state index is 0.106. The molecular weight excluding hydrogens is 829 g/mol. The van der Waals surface area contributed by atoms with Crippen molar-refractivity contribution < 1.29 is 28.6 Å². The maximum Gasteiger partial charge on any atom is 0.306 e. The van der Waals surface area contributed by atoms with Crippen LogP contribution in [0.25, 0.3) is 0 Å². The summed E-state index contributed by atoms with van der Waals surface area (Å²) in [6, 6.07) is 0. The van der Waals surface area contributed by atoms with E-state index >= 15 is 0 Å². The van der Waals surface area contributed by atoms with Crippen LogP contribution in [0.3, 0.4) is 0 Å². The standard InChI is InChI=1S/C61H98O6/c1-4-7-10-13-16-19-22-25-28-30-32-33-36-39-42-45-48-51-54-60(63)66-57-58(56-65-59(62)53-50-47-44-41-38-35-27-24-21-18-15-12-9-6-3)67-61(64)55-52-49-46-43-40-37-34-31-29-26-23-20-17-14-11-8-5-2/h8,11,14,16-17,19-20,22-23,25-26,28-34,37,40,58H,4-7,9-10,12-13,15,18,21,24,27,35-36,38-39,41-57H2,1-3H3/b11-8-,17-14-,19-16-,23-20-,25-22-,29-26-,30-28-,33-32-,34-31+,40-37-. The van der Waals surface area contributed by atoms with Crippen molar-refractivity contribution in [3.63, 3.8) is 0 Å². The van der Waals surface area contributed by atoms with Gasteiger partial charge in [-0.3, -0.25) is 14.4 Å². The van der Waals surface area contributed by atoms with Gasteiger partial charge >= 0.3 is 17.9 Å². The van der Waals surface area contributed by atoms with E-state index in [1.165, 1.54) is 89.9 Å². The molecule has 0 bridgehead atoms. The van der Waals surface area contributed by atoms with E-state index in [9.17, 15) is 14.4 Å². The third kappa shape index (κ3) is 52.6. The lowest BCUT2D eigenvalue weighted by Gasteiger charge is -2.18. The maximum atomic E-state index is 12.8. The normalized spacial score (nSPS) is 13.1. The van der Waals surface area contributed by atoms with E-state index in [2.05, 4.69) is 81.5 Å². The number of hydrogen-bond donors (Lipinski definition) is 0. The summed E-state index contributed by atoms with van der Waals surface area (Å²) in [5, 5.41) is 0. The van der Waals surface area contributed by atoms with E-state index in [4.69, 9.17) is 14.2 Å². The van der Waals surface area contributed by atoms with Crippen LogP contribution in [0.4, 0.5) is 0 Å². The third-order valence-electron chi connectivity index (χ3n) is 11.2. The molecule has 0 aromatic rings. The smallest absolute Gasteiger partial charge is 0.306 e. The Balaban J connectivity index is 4.55. The first-order valence-electron chi connectivity index (χ1n) is 27.2. The van der Waals surface area contributed by atoms with Crippen LogP contribution in [0.1, 0.15) is 226 Å². The lowest BCUT2D eigenvalue weighted by atomic mass is 10.0. The molecule has 0 heterocycles. The number of carbonyl (C=O) groups excluding carboxylic acids is 3. The predicted octanol–water partition coefficient (Wildman–Crippen LogP) is 18.1. The summed E-state index contributed by atoms with van der Waals surface area (Å²) in [6.45, 7) is 6.39. The van der Waals surface area contributed by atoms with Crippen LogP contribution in [-0.2, 0) is 28.6 Å². The third-order valence-corrected chi connectivity index (χ3v) is 11.2. The van der Waals surface area contributed by atoms with Crippen LogP contribution in [0.2, 0.25) is 0 Å². The molecule has 0 saturated carbocycles. The molecule has 0 radical (unpaired) electrons. The van der Waals surface area contributed by atoms with Gasteiger partial charge in [0.1, 0.15) is 13.2 Å². The van der Waals surface area contributed by atoms with Crippen molar-refractivity contribution in [3.8, 4) is 0 Å². The van der Waals surface area contributed by atoms with E-state index in [1.807, 2.05) is 60.8 Å². The first-order chi connectivity index (χ1) is 33.0. The molecule has 1 unspecified atom stereocenters. The van der Waals surface area contributed by atoms with Gasteiger partial charge in [0.2, 0.25) is 0 Å². The molecular formula is C61H98O6. The van der Waals surface area contributed by atoms with Crippen LogP contribution in [-0.4, -0.2) is 37.2 Å². The molecule has 0 aliphatic heterocycles. The second-order valence-corrected chi connectivity index (χ2v) is 17.7. The van der Waals surface area contributed by atoms with Gasteiger partial charge in [-0.15, -0.1) is 0 Å². The summed E-state index contributed by atoms with van der Waals surface area (Å²) in [5.74, 6) is -0.976. The summed E-state index contributed by atoms with van der Waals surface area (Å²) in [5.41, 5.74) is 0. The first kappa shape index (κ1) is 62.8. The Kier molecular flexibility index (Phi) is 51.0. The topological polar surface area (TPSA) is 78.9 Å². The summed E-state index contributed by atoms with van der Waals surface area (Å²) >= 11 is 0. The molecule has 0 aliphatic rings. The van der Waals surface area contributed by atoms with Gasteiger partial charge < -0.3 is 14.2 Å². The van der Waals surface area contributed by atoms with Gasteiger partial charge in [-0.1, -0.05) is 264 Å². The first-order valence-corrected chi connectivity index (χ1v) is 27.2. The quantitative estimate of drug-likeness (QED) is 0.0262. The van der Waals surface area contributed by atoms with Crippen molar-refractivity contribution in [2.24, 2.45) is 0 Å². The summed E-state index contributed by atoms with van der Waals surface area (Å²) in [7, 11) is 0. The number of unbranched alkanes of at least 4 members (excludes halogenated alkanes) is 24. The molecule has 6 heteroatoms. The molecule has 378 valence electrons. The summed E-state index contributed by atoms with van der Waals surface area (Å²) in [4.78, 5) is 38.1. The van der Waals surface area contributed by atoms with Crippen LogP contribution < -0.4 is 0 Å². The monoisotopic (exact) mass is 927 g/mol. The minimum atomic E-state index is -0.813. The van der Waals surface area contributed by atoms with Crippen LogP contribution in [0.15, 0.2) is 122 Å². The molecule has 0 aliphatic carbocycles. The van der Waals surface area contributed by atoms with Crippen molar-refractivity contribution >= 4 is 17.9 Å². The Labute approximate surface area is 412 Å². The van der Waals surface area contributed by atoms with Crippen LogP contribution >= 0.6 is 0 Å². The van der Waals surface area contributed by atoms with E-state index in [0.29, 0.717) is 19.3 Å². The molecule has 0 saturated heterocycles. The Hall–Kier alpha value is -4.19. The minimum Gasteiger partial charge on any atom is -0.462 e. The summed E-state index contributed by atoms with van der Waals surface area (Å²) < 4.78 is 16.8. The van der Waals surface area contributed by atoms with Crippen LogP contribution in [0.5, 0.6) is 0 Å². The fraction of sp³-hybridized carbons (Fsp3) is 0.623. The number of allylic oxidation sites excluding steroid dienone is 20. The van der Waals surface area contributed by atoms with Crippen molar-refractivity contribution in [1.29, 1.82) is 0 Å². The van der Waals surface area contributed by atoms with Gasteiger partial charge in [0.25, 0.3) is 0 Å². The van der Waals surface area contributed by atoms with Crippen molar-refractivity contribution in [2.45, 2.75) is 232 Å². The molecule has 1 atom stereocenters. The largest absolute Gasteiger partial charge is 0.462 e. The number of rotatable bonds is 47. The molecule has 6 nitrogen and oxygen atoms in total. The fourth-order valence-corrected chi connectivity index (χ4v) is 7.13. The summed E-state index contributed by atoms with van der Waals surface area (Å²) in [6.07, 6.45) is 74.6. The van der Waals surface area contributed by atoms with Gasteiger partial charge in [0, 0.05) is 19.3 Å². The second-order valence-electron chi connectivity index (χ2n) is 17.7. The molecule has 0 fully saturated rings. The Morgan fingerprint density at radius 3 is 0.955 bits per heavy atom. The Bertz CT molecular complexity index is 1440. The molecule has 0 aromatic carbocycles. The average Bonchev–Trinajstić information content (AvgIpc) is 3.33. The number of ether oxygens (including phenoxy) is 3. The molecule has 0 aromatic heterocycles. The van der Waals surface area contributed by atoms with E-state index in [-0.39, 0.29) is 37.5 Å². The highest BCUT2D eigenvalue weighted by molar-refractivity contribution is 5.71. The number of carbonyl (C=O) groups is 3. The van der Waals surface area contributed by atoms with Gasteiger partial charge in [-0.2, -0.15) is 0 Å². The number of hydrogen-bond acceptors (Lipinski definition) is 6. The maximum absolute atomic E-state index is 12.8. The predicted molar refractivity (Wildman–Crippen MR) is 288 cm³/mol. The zero-order valence-electron chi connectivity index (χ0n) is 43.1. The molecule has 0 rings (SSSR count). The highest BCUT2D eigenvalue weighted by Crippen LogP contribution is 2.15. The van der Waals surface area contributed by atoms with Gasteiger partial charge in [0.15, 0.2) is 6.10 Å². The molecule has 0 N–H and O–H groups in total. The zero-order valence-corrected chi connectivity index (χ0v) is 43.1. The van der Waals surface area contributed by atoms with E-state index in [1.54, 1.807) is 0 Å². The average molecular weight is 927 g/mol. The fourth-order valence-electron chi connectivity index (χ4n) is 7.13.